The van der Waals surface area contributed by atoms with Crippen LogP contribution in [0.25, 0.3) is 0 Å². The van der Waals surface area contributed by atoms with Crippen LogP contribution in [0, 0.1) is 23.7 Å². The third-order valence-electron chi connectivity index (χ3n) is 5.97. The van der Waals surface area contributed by atoms with E-state index < -0.39 is 17.7 Å². The van der Waals surface area contributed by atoms with E-state index in [1.165, 1.54) is 0 Å². The first-order chi connectivity index (χ1) is 9.46. The highest BCUT2D eigenvalue weighted by Gasteiger charge is 2.69. The zero-order valence-electron chi connectivity index (χ0n) is 12.3. The van der Waals surface area contributed by atoms with Crippen molar-refractivity contribution in [2.75, 3.05) is 0 Å². The monoisotopic (exact) mass is 282 g/mol. The Bertz CT molecular complexity index is 452. The van der Waals surface area contributed by atoms with Gasteiger partial charge in [0, 0.05) is 18.3 Å². The topological polar surface area (TPSA) is 54.0 Å². The minimum absolute atomic E-state index is 0.123. The van der Waals surface area contributed by atoms with Gasteiger partial charge in [0.1, 0.15) is 0 Å². The lowest BCUT2D eigenvalue weighted by Crippen LogP contribution is -2.69. The van der Waals surface area contributed by atoms with Crippen LogP contribution in [0.2, 0.25) is 0 Å². The summed E-state index contributed by atoms with van der Waals surface area (Å²) in [6, 6.07) is 0. The van der Waals surface area contributed by atoms with E-state index in [9.17, 15) is 4.79 Å². The molecule has 0 radical (unpaired) electrons. The Hall–Kier alpha value is -0.650. The second-order valence-corrected chi connectivity index (χ2v) is 7.14. The first-order valence-electron chi connectivity index (χ1n) is 7.71. The highest BCUT2D eigenvalue weighted by molar-refractivity contribution is 5.74. The van der Waals surface area contributed by atoms with Crippen molar-refractivity contribution in [3.63, 3.8) is 0 Å². The third-order valence-corrected chi connectivity index (χ3v) is 5.97. The van der Waals surface area contributed by atoms with Crippen molar-refractivity contribution in [1.29, 1.82) is 0 Å². The number of fused-ring (bicyclic) bond motifs is 2. The van der Waals surface area contributed by atoms with Crippen molar-refractivity contribution < 1.29 is 24.0 Å². The largest absolute Gasteiger partial charge is 0.432 e. The molecule has 0 aromatic heterocycles. The van der Waals surface area contributed by atoms with E-state index in [0.717, 1.165) is 25.7 Å². The van der Waals surface area contributed by atoms with Gasteiger partial charge in [-0.2, -0.15) is 0 Å². The zero-order valence-corrected chi connectivity index (χ0v) is 12.3. The smallest absolute Gasteiger partial charge is 0.311 e. The predicted octanol–water partition coefficient (Wildman–Crippen LogP) is 2.39. The minimum atomic E-state index is -0.793. The highest BCUT2D eigenvalue weighted by atomic mass is 17.3. The second kappa shape index (κ2) is 3.96. The molecule has 5 heteroatoms. The van der Waals surface area contributed by atoms with Crippen LogP contribution < -0.4 is 0 Å². The van der Waals surface area contributed by atoms with Gasteiger partial charge >= 0.3 is 5.97 Å². The van der Waals surface area contributed by atoms with Crippen molar-refractivity contribution in [3.8, 4) is 0 Å². The van der Waals surface area contributed by atoms with Crippen molar-refractivity contribution in [3.05, 3.63) is 0 Å². The SMILES string of the molecule is C[C@@H]1CCC2[C@@H](C)C(=O)OC3OC4(C)CC[C@@H]1C32OO4. The zero-order chi connectivity index (χ0) is 14.1. The summed E-state index contributed by atoms with van der Waals surface area (Å²) in [5.41, 5.74) is -0.610. The number of esters is 1. The molecule has 1 aliphatic carbocycles. The van der Waals surface area contributed by atoms with Crippen molar-refractivity contribution >= 4 is 5.97 Å². The maximum atomic E-state index is 12.1. The third kappa shape index (κ3) is 1.46. The van der Waals surface area contributed by atoms with E-state index in [1.807, 2.05) is 13.8 Å². The first kappa shape index (κ1) is 13.0. The average molecular weight is 282 g/mol. The average Bonchev–Trinajstić information content (AvgIpc) is 2.63. The fraction of sp³-hybridized carbons (Fsp3) is 0.933. The molecule has 7 atom stereocenters. The van der Waals surface area contributed by atoms with E-state index in [2.05, 4.69) is 6.92 Å². The van der Waals surface area contributed by atoms with Gasteiger partial charge in [-0.05, 0) is 32.1 Å². The summed E-state index contributed by atoms with van der Waals surface area (Å²) in [5, 5.41) is 0. The molecule has 0 aromatic carbocycles. The van der Waals surface area contributed by atoms with E-state index in [-0.39, 0.29) is 17.8 Å². The van der Waals surface area contributed by atoms with Gasteiger partial charge in [-0.3, -0.25) is 4.79 Å². The molecular weight excluding hydrogens is 260 g/mol. The van der Waals surface area contributed by atoms with Gasteiger partial charge in [0.2, 0.25) is 12.1 Å². The predicted molar refractivity (Wildman–Crippen MR) is 68.0 cm³/mol. The number of hydrogen-bond donors (Lipinski definition) is 0. The summed E-state index contributed by atoms with van der Waals surface area (Å²) in [4.78, 5) is 23.7. The molecule has 2 bridgehead atoms. The summed E-state index contributed by atoms with van der Waals surface area (Å²) in [7, 11) is 0. The minimum Gasteiger partial charge on any atom is -0.432 e. The fourth-order valence-corrected chi connectivity index (χ4v) is 4.76. The molecule has 0 amide bonds. The normalized spacial score (nSPS) is 57.8. The molecule has 4 unspecified atom stereocenters. The van der Waals surface area contributed by atoms with Crippen LogP contribution in [0.5, 0.6) is 0 Å². The summed E-state index contributed by atoms with van der Waals surface area (Å²) in [6.07, 6.45) is 3.24. The molecule has 20 heavy (non-hydrogen) atoms. The van der Waals surface area contributed by atoms with E-state index in [4.69, 9.17) is 19.2 Å². The van der Waals surface area contributed by atoms with E-state index in [0.29, 0.717) is 11.8 Å². The standard InChI is InChI=1S/C15H22O5/c1-8-4-5-11-9(2)12(16)17-13-15(11)10(8)6-7-14(3,18-13)19-20-15/h8-11,13H,4-7H2,1-3H3/t8-,9-,10+,11?,13?,14?,15?/m1/s1. The molecule has 5 nitrogen and oxygen atoms in total. The van der Waals surface area contributed by atoms with Crippen LogP contribution in [0.3, 0.4) is 0 Å². The Kier molecular flexibility index (Phi) is 2.58. The van der Waals surface area contributed by atoms with Crippen LogP contribution >= 0.6 is 0 Å². The van der Waals surface area contributed by atoms with Crippen LogP contribution in [0.4, 0.5) is 0 Å². The van der Waals surface area contributed by atoms with Crippen LogP contribution in [0.15, 0.2) is 0 Å². The van der Waals surface area contributed by atoms with E-state index >= 15 is 0 Å². The number of rotatable bonds is 0. The lowest BCUT2D eigenvalue weighted by atomic mass is 9.58. The van der Waals surface area contributed by atoms with Gasteiger partial charge < -0.3 is 9.47 Å². The van der Waals surface area contributed by atoms with Gasteiger partial charge in [0.25, 0.3) is 0 Å². The van der Waals surface area contributed by atoms with Gasteiger partial charge in [0.05, 0.1) is 5.92 Å². The van der Waals surface area contributed by atoms with Crippen molar-refractivity contribution in [2.24, 2.45) is 23.7 Å². The van der Waals surface area contributed by atoms with Gasteiger partial charge in [0.15, 0.2) is 5.60 Å². The Balaban J connectivity index is 1.84. The lowest BCUT2D eigenvalue weighted by Gasteiger charge is -2.57. The number of carbonyl (C=O) groups excluding carboxylic acids is 1. The molecule has 1 saturated carbocycles. The van der Waals surface area contributed by atoms with Gasteiger partial charge in [-0.15, -0.1) is 0 Å². The molecule has 4 saturated heterocycles. The number of ether oxygens (including phenoxy) is 2. The molecule has 0 aromatic rings. The molecule has 5 rings (SSSR count). The molecule has 0 N–H and O–H groups in total. The Morgan fingerprint density at radius 2 is 1.90 bits per heavy atom. The molecular formula is C15H22O5. The van der Waals surface area contributed by atoms with Crippen molar-refractivity contribution in [2.45, 2.75) is 64.1 Å². The molecule has 4 aliphatic heterocycles. The Labute approximate surface area is 118 Å². The lowest BCUT2D eigenvalue weighted by molar-refractivity contribution is -0.559. The number of carbonyl (C=O) groups is 1. The van der Waals surface area contributed by atoms with Crippen LogP contribution in [-0.4, -0.2) is 23.6 Å². The van der Waals surface area contributed by atoms with Crippen LogP contribution in [-0.2, 0) is 24.0 Å². The Morgan fingerprint density at radius 1 is 1.10 bits per heavy atom. The first-order valence-corrected chi connectivity index (χ1v) is 7.71. The van der Waals surface area contributed by atoms with Gasteiger partial charge in [-0.1, -0.05) is 13.8 Å². The molecule has 5 fully saturated rings. The fourth-order valence-electron chi connectivity index (χ4n) is 4.76. The maximum Gasteiger partial charge on any atom is 0.311 e. The molecule has 112 valence electrons. The number of hydrogen-bond acceptors (Lipinski definition) is 5. The molecule has 5 aliphatic rings. The summed E-state index contributed by atoms with van der Waals surface area (Å²) in [6.45, 7) is 6.06. The Morgan fingerprint density at radius 3 is 2.70 bits per heavy atom. The quantitative estimate of drug-likeness (QED) is 0.504. The maximum absolute atomic E-state index is 12.1. The second-order valence-electron chi connectivity index (χ2n) is 7.14. The van der Waals surface area contributed by atoms with E-state index in [1.54, 1.807) is 0 Å². The highest BCUT2D eigenvalue weighted by Crippen LogP contribution is 2.59. The van der Waals surface area contributed by atoms with Crippen LogP contribution in [0.1, 0.15) is 46.5 Å². The summed E-state index contributed by atoms with van der Waals surface area (Å²) in [5.74, 6) is -0.137. The molecule has 1 spiro atoms. The summed E-state index contributed by atoms with van der Waals surface area (Å²) >= 11 is 0. The van der Waals surface area contributed by atoms with Gasteiger partial charge in [-0.25, -0.2) is 9.78 Å². The van der Waals surface area contributed by atoms with Crippen molar-refractivity contribution in [1.82, 2.24) is 0 Å². The summed E-state index contributed by atoms with van der Waals surface area (Å²) < 4.78 is 11.6. The molecule has 4 heterocycles.